The van der Waals surface area contributed by atoms with E-state index in [-0.39, 0.29) is 18.0 Å². The van der Waals surface area contributed by atoms with Gasteiger partial charge in [0.05, 0.1) is 23.1 Å². The first-order chi connectivity index (χ1) is 12.8. The number of rotatable bonds is 2. The van der Waals surface area contributed by atoms with Crippen molar-refractivity contribution in [3.63, 3.8) is 0 Å². The molecule has 1 aromatic carbocycles. The van der Waals surface area contributed by atoms with Gasteiger partial charge in [0.25, 0.3) is 11.5 Å². The quantitative estimate of drug-likeness (QED) is 0.693. The van der Waals surface area contributed by atoms with Gasteiger partial charge in [-0.1, -0.05) is 12.1 Å². The molecule has 0 bridgehead atoms. The maximum atomic E-state index is 14.0. The van der Waals surface area contributed by atoms with Crippen molar-refractivity contribution in [2.45, 2.75) is 26.9 Å². The first kappa shape index (κ1) is 17.4. The molecule has 6 nitrogen and oxygen atoms in total. The van der Waals surface area contributed by atoms with Crippen molar-refractivity contribution in [3.8, 4) is 0 Å². The summed E-state index contributed by atoms with van der Waals surface area (Å²) in [6.45, 7) is 4.42. The van der Waals surface area contributed by atoms with Gasteiger partial charge in [0.2, 0.25) is 0 Å². The van der Waals surface area contributed by atoms with Crippen LogP contribution in [0.5, 0.6) is 0 Å². The van der Waals surface area contributed by atoms with Gasteiger partial charge in [0.1, 0.15) is 5.69 Å². The van der Waals surface area contributed by atoms with Gasteiger partial charge in [0, 0.05) is 25.7 Å². The molecule has 3 heterocycles. The van der Waals surface area contributed by atoms with Gasteiger partial charge >= 0.3 is 0 Å². The first-order valence-corrected chi connectivity index (χ1v) is 8.60. The van der Waals surface area contributed by atoms with Gasteiger partial charge in [-0.2, -0.15) is 5.10 Å². The average Bonchev–Trinajstić information content (AvgIpc) is 2.93. The fourth-order valence-corrected chi connectivity index (χ4v) is 3.76. The second-order valence-corrected chi connectivity index (χ2v) is 6.84. The SMILES string of the molecule is Cc1c2n(c3c(C)nn(Cc4cccc(F)c4F)c(=O)c13)CCN(C)C2=O. The number of aryl methyl sites for hydroxylation is 2. The van der Waals surface area contributed by atoms with E-state index in [1.165, 1.54) is 12.1 Å². The molecule has 1 aliphatic rings. The highest BCUT2D eigenvalue weighted by Crippen LogP contribution is 2.28. The third-order valence-electron chi connectivity index (χ3n) is 5.13. The van der Waals surface area contributed by atoms with Gasteiger partial charge in [-0.25, -0.2) is 13.5 Å². The van der Waals surface area contributed by atoms with E-state index in [2.05, 4.69) is 5.10 Å². The number of amides is 1. The van der Waals surface area contributed by atoms with Crippen LogP contribution in [0, 0.1) is 25.5 Å². The van der Waals surface area contributed by atoms with E-state index < -0.39 is 17.2 Å². The van der Waals surface area contributed by atoms with Crippen LogP contribution in [0.25, 0.3) is 10.9 Å². The van der Waals surface area contributed by atoms with E-state index in [9.17, 15) is 18.4 Å². The molecule has 4 rings (SSSR count). The van der Waals surface area contributed by atoms with Crippen LogP contribution < -0.4 is 5.56 Å². The molecule has 0 saturated heterocycles. The molecule has 0 aliphatic carbocycles. The van der Waals surface area contributed by atoms with E-state index in [1.807, 2.05) is 4.57 Å². The molecule has 2 aromatic heterocycles. The van der Waals surface area contributed by atoms with Crippen molar-refractivity contribution in [1.82, 2.24) is 19.2 Å². The monoisotopic (exact) mass is 372 g/mol. The minimum atomic E-state index is -0.992. The summed E-state index contributed by atoms with van der Waals surface area (Å²) in [4.78, 5) is 27.2. The van der Waals surface area contributed by atoms with E-state index >= 15 is 0 Å². The molecule has 0 N–H and O–H groups in total. The van der Waals surface area contributed by atoms with Crippen LogP contribution in [-0.4, -0.2) is 38.7 Å². The Balaban J connectivity index is 1.95. The molecule has 140 valence electrons. The van der Waals surface area contributed by atoms with Crippen molar-refractivity contribution < 1.29 is 13.6 Å². The third-order valence-corrected chi connectivity index (χ3v) is 5.13. The van der Waals surface area contributed by atoms with Crippen LogP contribution >= 0.6 is 0 Å². The summed E-state index contributed by atoms with van der Waals surface area (Å²) < 4.78 is 30.5. The van der Waals surface area contributed by atoms with Crippen LogP contribution in [0.3, 0.4) is 0 Å². The lowest BCUT2D eigenvalue weighted by Gasteiger charge is -2.25. The average molecular weight is 372 g/mol. The van der Waals surface area contributed by atoms with E-state index in [0.29, 0.717) is 40.9 Å². The van der Waals surface area contributed by atoms with Crippen molar-refractivity contribution in [2.75, 3.05) is 13.6 Å². The molecular formula is C19H18F2N4O2. The van der Waals surface area contributed by atoms with Crippen molar-refractivity contribution in [1.29, 1.82) is 0 Å². The maximum absolute atomic E-state index is 14.0. The van der Waals surface area contributed by atoms with Crippen molar-refractivity contribution >= 4 is 16.8 Å². The number of carbonyl (C=O) groups excluding carboxylic acids is 1. The van der Waals surface area contributed by atoms with Gasteiger partial charge in [-0.05, 0) is 25.5 Å². The smallest absolute Gasteiger partial charge is 0.276 e. The van der Waals surface area contributed by atoms with Gasteiger partial charge in [-0.3, -0.25) is 9.59 Å². The summed E-state index contributed by atoms with van der Waals surface area (Å²) in [6.07, 6.45) is 0. The Labute approximate surface area is 153 Å². The second-order valence-electron chi connectivity index (χ2n) is 6.84. The molecular weight excluding hydrogens is 354 g/mol. The lowest BCUT2D eigenvalue weighted by atomic mass is 10.1. The highest BCUT2D eigenvalue weighted by atomic mass is 19.2. The Kier molecular flexibility index (Phi) is 3.87. The van der Waals surface area contributed by atoms with Gasteiger partial charge in [0.15, 0.2) is 11.6 Å². The van der Waals surface area contributed by atoms with Crippen molar-refractivity contribution in [3.05, 3.63) is 62.7 Å². The molecule has 8 heteroatoms. The van der Waals surface area contributed by atoms with Gasteiger partial charge < -0.3 is 9.47 Å². The number of benzene rings is 1. The number of fused-ring (bicyclic) bond motifs is 3. The molecule has 0 atom stereocenters. The molecule has 3 aromatic rings. The minimum Gasteiger partial charge on any atom is -0.339 e. The number of hydrogen-bond acceptors (Lipinski definition) is 3. The first-order valence-electron chi connectivity index (χ1n) is 8.60. The summed E-state index contributed by atoms with van der Waals surface area (Å²) >= 11 is 0. The zero-order valence-corrected chi connectivity index (χ0v) is 15.2. The third kappa shape index (κ3) is 2.47. The Hall–Kier alpha value is -3.03. The Bertz CT molecular complexity index is 1160. The van der Waals surface area contributed by atoms with Crippen LogP contribution in [0.1, 0.15) is 27.3 Å². The predicted molar refractivity (Wildman–Crippen MR) is 95.9 cm³/mol. The normalized spacial score (nSPS) is 14.1. The summed E-state index contributed by atoms with van der Waals surface area (Å²) in [6, 6.07) is 3.83. The number of carbonyl (C=O) groups is 1. The summed E-state index contributed by atoms with van der Waals surface area (Å²) in [5.74, 6) is -2.10. The summed E-state index contributed by atoms with van der Waals surface area (Å²) in [5, 5.41) is 4.70. The topological polar surface area (TPSA) is 60.1 Å². The lowest BCUT2D eigenvalue weighted by Crippen LogP contribution is -2.37. The Morgan fingerprint density at radius 3 is 2.63 bits per heavy atom. The highest BCUT2D eigenvalue weighted by Gasteiger charge is 2.30. The Morgan fingerprint density at radius 1 is 1.15 bits per heavy atom. The van der Waals surface area contributed by atoms with Crippen LogP contribution in [-0.2, 0) is 13.1 Å². The zero-order chi connectivity index (χ0) is 19.5. The molecule has 0 saturated carbocycles. The molecule has 0 fully saturated rings. The number of likely N-dealkylation sites (N-methyl/N-ethyl adjacent to an activating group) is 1. The number of halogens is 2. The van der Waals surface area contributed by atoms with Crippen molar-refractivity contribution in [2.24, 2.45) is 0 Å². The zero-order valence-electron chi connectivity index (χ0n) is 15.2. The Morgan fingerprint density at radius 2 is 1.89 bits per heavy atom. The fraction of sp³-hybridized carbons (Fsp3) is 0.316. The number of nitrogens with zero attached hydrogens (tertiary/aromatic N) is 4. The van der Waals surface area contributed by atoms with Crippen LogP contribution in [0.2, 0.25) is 0 Å². The van der Waals surface area contributed by atoms with E-state index in [4.69, 9.17) is 0 Å². The predicted octanol–water partition coefficient (Wildman–Crippen LogP) is 2.23. The molecule has 0 unspecified atom stereocenters. The number of aromatic nitrogens is 3. The molecule has 1 aliphatic heterocycles. The molecule has 0 radical (unpaired) electrons. The number of hydrogen-bond donors (Lipinski definition) is 0. The minimum absolute atomic E-state index is 0.0424. The fourth-order valence-electron chi connectivity index (χ4n) is 3.76. The second kappa shape index (κ2) is 6.00. The van der Waals surface area contributed by atoms with Crippen LogP contribution in [0.15, 0.2) is 23.0 Å². The van der Waals surface area contributed by atoms with Gasteiger partial charge in [-0.15, -0.1) is 0 Å². The summed E-state index contributed by atoms with van der Waals surface area (Å²) in [7, 11) is 1.72. The maximum Gasteiger partial charge on any atom is 0.276 e. The highest BCUT2D eigenvalue weighted by molar-refractivity contribution is 6.02. The summed E-state index contributed by atoms with van der Waals surface area (Å²) in [5.41, 5.74) is 1.88. The van der Waals surface area contributed by atoms with E-state index in [1.54, 1.807) is 25.8 Å². The molecule has 1 amide bonds. The largest absolute Gasteiger partial charge is 0.339 e. The standard InChI is InChI=1S/C19H18F2N4O2/c1-10-14-17(24-8-7-23(3)19(27)16(10)24)11(2)22-25(18(14)26)9-12-5-4-6-13(20)15(12)21/h4-6H,7-9H2,1-3H3. The molecule has 27 heavy (non-hydrogen) atoms. The van der Waals surface area contributed by atoms with Crippen LogP contribution in [0.4, 0.5) is 8.78 Å². The lowest BCUT2D eigenvalue weighted by molar-refractivity contribution is 0.0750. The molecule has 0 spiro atoms. The van der Waals surface area contributed by atoms with E-state index in [0.717, 1.165) is 10.7 Å².